The van der Waals surface area contributed by atoms with Gasteiger partial charge in [0.1, 0.15) is 5.82 Å². The van der Waals surface area contributed by atoms with Crippen LogP contribution in [0.3, 0.4) is 0 Å². The fourth-order valence-electron chi connectivity index (χ4n) is 2.28. The zero-order valence-electron chi connectivity index (χ0n) is 17.9. The first kappa shape index (κ1) is 26.7. The van der Waals surface area contributed by atoms with Gasteiger partial charge in [0.25, 0.3) is 5.91 Å². The maximum Gasteiger partial charge on any atom is 0.253 e. The van der Waals surface area contributed by atoms with Crippen molar-refractivity contribution in [3.8, 4) is 0 Å². The second-order valence-electron chi connectivity index (χ2n) is 6.52. The summed E-state index contributed by atoms with van der Waals surface area (Å²) in [6.07, 6.45) is 7.09. The molecule has 0 saturated heterocycles. The SMILES string of the molecule is C=C(/C=C\C(=C/C)NSc1cccc(Cl)c1Cl)c1c[nH]c(NC)c1C(N)=O.CC(C)O. The third-order valence-electron chi connectivity index (χ3n) is 3.69. The number of carbonyl (C=O) groups excluding carboxylic acids is 1. The molecule has 0 atom stereocenters. The van der Waals surface area contributed by atoms with Crippen LogP contribution in [0.5, 0.6) is 0 Å². The second kappa shape index (κ2) is 13.2. The molecule has 0 bridgehead atoms. The molecule has 0 radical (unpaired) electrons. The van der Waals surface area contributed by atoms with Crippen LogP contribution < -0.4 is 15.8 Å². The number of rotatable bonds is 8. The molecule has 0 aliphatic carbocycles. The van der Waals surface area contributed by atoms with Crippen molar-refractivity contribution in [2.45, 2.75) is 31.8 Å². The summed E-state index contributed by atoms with van der Waals surface area (Å²) < 4.78 is 3.21. The molecule has 0 aliphatic heterocycles. The summed E-state index contributed by atoms with van der Waals surface area (Å²) >= 11 is 13.6. The molecule has 1 aromatic heterocycles. The van der Waals surface area contributed by atoms with E-state index in [0.717, 1.165) is 10.6 Å². The highest BCUT2D eigenvalue weighted by molar-refractivity contribution is 7.97. The van der Waals surface area contributed by atoms with Crippen LogP contribution in [0, 0.1) is 0 Å². The molecule has 2 rings (SSSR count). The first-order valence-corrected chi connectivity index (χ1v) is 11.0. The minimum atomic E-state index is -0.527. The zero-order chi connectivity index (χ0) is 23.6. The van der Waals surface area contributed by atoms with Gasteiger partial charge in [0.2, 0.25) is 0 Å². The number of aliphatic hydroxyl groups excluding tert-OH is 1. The normalized spacial score (nSPS) is 11.3. The number of aromatic nitrogens is 1. The Hall–Kier alpha value is -2.32. The van der Waals surface area contributed by atoms with Crippen molar-refractivity contribution >= 4 is 52.4 Å². The van der Waals surface area contributed by atoms with Crippen LogP contribution in [0.4, 0.5) is 5.82 Å². The Labute approximate surface area is 197 Å². The van der Waals surface area contributed by atoms with Crippen molar-refractivity contribution in [2.24, 2.45) is 5.73 Å². The van der Waals surface area contributed by atoms with Gasteiger partial charge in [-0.3, -0.25) is 4.79 Å². The molecule has 0 unspecified atom stereocenters. The van der Waals surface area contributed by atoms with E-state index in [4.69, 9.17) is 34.0 Å². The molecule has 2 aromatic rings. The Balaban J connectivity index is 0.00000110. The minimum absolute atomic E-state index is 0.167. The van der Waals surface area contributed by atoms with E-state index in [1.165, 1.54) is 11.9 Å². The molecule has 0 spiro atoms. The van der Waals surface area contributed by atoms with Gasteiger partial charge in [-0.15, -0.1) is 0 Å². The number of halogens is 2. The third kappa shape index (κ3) is 8.38. The van der Waals surface area contributed by atoms with Gasteiger partial charge < -0.3 is 25.9 Å². The van der Waals surface area contributed by atoms with Gasteiger partial charge in [0, 0.05) is 35.5 Å². The van der Waals surface area contributed by atoms with Gasteiger partial charge >= 0.3 is 0 Å². The molecule has 31 heavy (non-hydrogen) atoms. The van der Waals surface area contributed by atoms with Gasteiger partial charge in [0.15, 0.2) is 0 Å². The summed E-state index contributed by atoms with van der Waals surface area (Å²) in [5.74, 6) is 0.0308. The Bertz CT molecular complexity index is 966. The number of hydrogen-bond donors (Lipinski definition) is 5. The number of aliphatic hydroxyl groups is 1. The lowest BCUT2D eigenvalue weighted by Crippen LogP contribution is -2.14. The fourth-order valence-corrected chi connectivity index (χ4v) is 3.51. The van der Waals surface area contributed by atoms with Crippen LogP contribution in [-0.4, -0.2) is 29.1 Å². The number of hydrogen-bond acceptors (Lipinski definition) is 5. The summed E-state index contributed by atoms with van der Waals surface area (Å²) in [6, 6.07) is 5.45. The highest BCUT2D eigenvalue weighted by atomic mass is 35.5. The van der Waals surface area contributed by atoms with Crippen molar-refractivity contribution in [1.82, 2.24) is 9.71 Å². The molecule has 0 saturated carbocycles. The number of primary amides is 1. The maximum atomic E-state index is 11.7. The largest absolute Gasteiger partial charge is 0.394 e. The van der Waals surface area contributed by atoms with Gasteiger partial charge in [-0.25, -0.2) is 0 Å². The first-order valence-electron chi connectivity index (χ1n) is 9.39. The average Bonchev–Trinajstić information content (AvgIpc) is 3.15. The molecule has 6 nitrogen and oxygen atoms in total. The quantitative estimate of drug-likeness (QED) is 0.248. The van der Waals surface area contributed by atoms with E-state index in [2.05, 4.69) is 21.6 Å². The molecule has 168 valence electrons. The molecule has 9 heteroatoms. The summed E-state index contributed by atoms with van der Waals surface area (Å²) in [4.78, 5) is 15.5. The number of anilines is 1. The number of carbonyl (C=O) groups is 1. The highest BCUT2D eigenvalue weighted by Gasteiger charge is 2.16. The molecular formula is C22H28Cl2N4O2S. The minimum Gasteiger partial charge on any atom is -0.394 e. The first-order chi connectivity index (χ1) is 14.6. The Morgan fingerprint density at radius 3 is 2.52 bits per heavy atom. The smallest absolute Gasteiger partial charge is 0.253 e. The number of allylic oxidation sites excluding steroid dienone is 4. The number of benzene rings is 1. The Morgan fingerprint density at radius 2 is 1.97 bits per heavy atom. The van der Waals surface area contributed by atoms with Crippen molar-refractivity contribution < 1.29 is 9.90 Å². The van der Waals surface area contributed by atoms with E-state index in [-0.39, 0.29) is 6.10 Å². The molecular weight excluding hydrogens is 455 g/mol. The van der Waals surface area contributed by atoms with Crippen LogP contribution in [0.25, 0.3) is 5.57 Å². The Morgan fingerprint density at radius 1 is 1.32 bits per heavy atom. The molecule has 0 fully saturated rings. The predicted octanol–water partition coefficient (Wildman–Crippen LogP) is 5.62. The van der Waals surface area contributed by atoms with E-state index in [9.17, 15) is 4.79 Å². The lowest BCUT2D eigenvalue weighted by atomic mass is 10.0. The van der Waals surface area contributed by atoms with Crippen molar-refractivity contribution in [2.75, 3.05) is 12.4 Å². The van der Waals surface area contributed by atoms with E-state index in [1.54, 1.807) is 39.2 Å². The van der Waals surface area contributed by atoms with E-state index in [0.29, 0.717) is 32.6 Å². The predicted molar refractivity (Wildman–Crippen MR) is 134 cm³/mol. The number of nitrogens with one attached hydrogen (secondary N) is 3. The molecule has 6 N–H and O–H groups in total. The van der Waals surface area contributed by atoms with Crippen molar-refractivity contribution in [3.63, 3.8) is 0 Å². The van der Waals surface area contributed by atoms with Gasteiger partial charge in [-0.05, 0) is 56.5 Å². The van der Waals surface area contributed by atoms with Gasteiger partial charge in [0.05, 0.1) is 15.6 Å². The van der Waals surface area contributed by atoms with Crippen LogP contribution in [0.1, 0.15) is 36.7 Å². The molecule has 0 aliphatic rings. The highest BCUT2D eigenvalue weighted by Crippen LogP contribution is 2.32. The molecule has 1 aromatic carbocycles. The van der Waals surface area contributed by atoms with Crippen LogP contribution in [0.15, 0.2) is 59.8 Å². The van der Waals surface area contributed by atoms with E-state index < -0.39 is 5.91 Å². The standard InChI is InChI=1S/C19H20Cl2N4OS.C3H8O/c1-4-12(25-27-15-7-5-6-14(20)17(15)21)9-8-11(2)13-10-24-19(23-3)16(13)18(22)26;1-3(2)4/h4-10,23-25H,2H2,1,3H3,(H2,22,26);3-4H,1-2H3/b9-8-,12-4+;. The lowest BCUT2D eigenvalue weighted by Gasteiger charge is -2.09. The molecule has 1 heterocycles. The number of nitrogens with two attached hydrogens (primary N) is 1. The van der Waals surface area contributed by atoms with Crippen LogP contribution in [0.2, 0.25) is 10.0 Å². The van der Waals surface area contributed by atoms with Gasteiger partial charge in [-0.1, -0.05) is 48.0 Å². The summed E-state index contributed by atoms with van der Waals surface area (Å²) in [6.45, 7) is 9.37. The average molecular weight is 483 g/mol. The van der Waals surface area contributed by atoms with E-state index >= 15 is 0 Å². The summed E-state index contributed by atoms with van der Waals surface area (Å²) in [5, 5.41) is 12.0. The molecule has 1 amide bonds. The number of aromatic amines is 1. The summed E-state index contributed by atoms with van der Waals surface area (Å²) in [5.41, 5.74) is 7.98. The second-order valence-corrected chi connectivity index (χ2v) is 8.15. The summed E-state index contributed by atoms with van der Waals surface area (Å²) in [7, 11) is 1.71. The number of H-pyrrole nitrogens is 1. The monoisotopic (exact) mass is 482 g/mol. The zero-order valence-corrected chi connectivity index (χ0v) is 20.3. The van der Waals surface area contributed by atoms with Crippen LogP contribution in [-0.2, 0) is 0 Å². The van der Waals surface area contributed by atoms with Crippen molar-refractivity contribution in [1.29, 1.82) is 0 Å². The lowest BCUT2D eigenvalue weighted by molar-refractivity contribution is 0.100. The fraction of sp³-hybridized carbons (Fsp3) is 0.227. The number of amides is 1. The van der Waals surface area contributed by atoms with Crippen LogP contribution >= 0.6 is 35.1 Å². The van der Waals surface area contributed by atoms with Crippen molar-refractivity contribution in [3.05, 3.63) is 76.1 Å². The third-order valence-corrected chi connectivity index (χ3v) is 5.52. The topological polar surface area (TPSA) is 103 Å². The maximum absolute atomic E-state index is 11.7. The van der Waals surface area contributed by atoms with Gasteiger partial charge in [-0.2, -0.15) is 0 Å². The Kier molecular flexibility index (Phi) is 11.3. The van der Waals surface area contributed by atoms with E-state index in [1.807, 2.05) is 31.2 Å².